The highest BCUT2D eigenvalue weighted by Gasteiger charge is 2.12. The molecule has 24 heavy (non-hydrogen) atoms. The molecule has 1 N–H and O–H groups in total. The van der Waals surface area contributed by atoms with Gasteiger partial charge in [0.1, 0.15) is 5.75 Å². The Morgan fingerprint density at radius 3 is 2.38 bits per heavy atom. The van der Waals surface area contributed by atoms with Crippen LogP contribution in [0.25, 0.3) is 0 Å². The highest BCUT2D eigenvalue weighted by molar-refractivity contribution is 5.98. The van der Waals surface area contributed by atoms with Gasteiger partial charge in [0.15, 0.2) is 12.4 Å². The maximum absolute atomic E-state index is 12.1. The number of hydrogen-bond donors (Lipinski definition) is 1. The van der Waals surface area contributed by atoms with Gasteiger partial charge in [-0.2, -0.15) is 0 Å². The van der Waals surface area contributed by atoms with Crippen LogP contribution < -0.4 is 10.1 Å². The van der Waals surface area contributed by atoms with Gasteiger partial charge in [-0.15, -0.1) is 0 Å². The molecule has 0 aliphatic carbocycles. The maximum atomic E-state index is 12.1. The molecule has 1 amide bonds. The average Bonchev–Trinajstić information content (AvgIpc) is 2.52. The summed E-state index contributed by atoms with van der Waals surface area (Å²) in [5.74, 6) is -0.0346. The Bertz CT molecular complexity index is 784. The van der Waals surface area contributed by atoms with Gasteiger partial charge in [-0.05, 0) is 43.3 Å². The number of Topliss-reactive ketones (excluding diaryl/α,β-unsaturated/α-hetero) is 1. The molecule has 0 aromatic heterocycles. The first-order valence-corrected chi connectivity index (χ1v) is 7.15. The van der Waals surface area contributed by atoms with Crippen LogP contribution in [0.2, 0.25) is 0 Å². The fourth-order valence-corrected chi connectivity index (χ4v) is 2.10. The predicted molar refractivity (Wildman–Crippen MR) is 88.4 cm³/mol. The van der Waals surface area contributed by atoms with E-state index < -0.39 is 4.92 Å². The molecule has 0 atom stereocenters. The van der Waals surface area contributed by atoms with Crippen molar-refractivity contribution in [3.05, 3.63) is 63.7 Å². The van der Waals surface area contributed by atoms with E-state index >= 15 is 0 Å². The minimum Gasteiger partial charge on any atom is -0.485 e. The van der Waals surface area contributed by atoms with Crippen molar-refractivity contribution in [2.45, 2.75) is 13.8 Å². The zero-order valence-electron chi connectivity index (χ0n) is 13.2. The third-order valence-corrected chi connectivity index (χ3v) is 3.26. The smallest absolute Gasteiger partial charge is 0.272 e. The number of nitrogens with zero attached hydrogens (tertiary/aromatic N) is 1. The van der Waals surface area contributed by atoms with Gasteiger partial charge in [0, 0.05) is 29.8 Å². The third kappa shape index (κ3) is 4.39. The van der Waals surface area contributed by atoms with Crippen LogP contribution in [0.15, 0.2) is 42.5 Å². The molecule has 0 aliphatic heterocycles. The van der Waals surface area contributed by atoms with Crippen LogP contribution in [-0.2, 0) is 4.79 Å². The summed E-state index contributed by atoms with van der Waals surface area (Å²) in [6, 6.07) is 10.8. The van der Waals surface area contributed by atoms with Crippen molar-refractivity contribution in [1.29, 1.82) is 0 Å². The Kier molecular flexibility index (Phi) is 5.26. The summed E-state index contributed by atoms with van der Waals surface area (Å²) in [6.45, 7) is 2.82. The van der Waals surface area contributed by atoms with Crippen LogP contribution >= 0.6 is 0 Å². The number of hydrogen-bond acceptors (Lipinski definition) is 5. The molecule has 0 radical (unpaired) electrons. The van der Waals surface area contributed by atoms with Crippen LogP contribution in [0.5, 0.6) is 5.75 Å². The molecule has 0 aliphatic rings. The highest BCUT2D eigenvalue weighted by atomic mass is 16.6. The molecule has 0 spiro atoms. The van der Waals surface area contributed by atoms with Crippen molar-refractivity contribution in [2.75, 3.05) is 11.9 Å². The quantitative estimate of drug-likeness (QED) is 0.499. The molecule has 0 fully saturated rings. The van der Waals surface area contributed by atoms with Crippen molar-refractivity contribution in [1.82, 2.24) is 0 Å². The Labute approximate surface area is 138 Å². The Morgan fingerprint density at radius 1 is 1.17 bits per heavy atom. The van der Waals surface area contributed by atoms with E-state index in [9.17, 15) is 19.7 Å². The topological polar surface area (TPSA) is 98.5 Å². The van der Waals surface area contributed by atoms with Gasteiger partial charge in [0.05, 0.1) is 4.92 Å². The standard InChI is InChI=1S/C17H16N2O5/c1-11-9-15(7-8-16(11)19(22)23)24-10-17(21)13-3-5-14(6-4-13)18-12(2)20/h3-9H,10H2,1-2H3,(H,18,20). The number of carbonyl (C=O) groups excluding carboxylic acids is 2. The minimum absolute atomic E-state index is 0.00207. The van der Waals surface area contributed by atoms with Crippen molar-refractivity contribution in [2.24, 2.45) is 0 Å². The molecular weight excluding hydrogens is 312 g/mol. The van der Waals surface area contributed by atoms with Crippen molar-refractivity contribution >= 4 is 23.1 Å². The lowest BCUT2D eigenvalue weighted by Gasteiger charge is -2.07. The summed E-state index contributed by atoms with van der Waals surface area (Å²) in [4.78, 5) is 33.3. The summed E-state index contributed by atoms with van der Waals surface area (Å²) in [6.07, 6.45) is 0. The van der Waals surface area contributed by atoms with Gasteiger partial charge in [0.2, 0.25) is 5.91 Å². The largest absolute Gasteiger partial charge is 0.485 e. The number of carbonyl (C=O) groups is 2. The number of nitrogens with one attached hydrogen (secondary N) is 1. The molecule has 2 aromatic carbocycles. The summed E-state index contributed by atoms with van der Waals surface area (Å²) in [7, 11) is 0. The van der Waals surface area contributed by atoms with Gasteiger partial charge in [-0.3, -0.25) is 19.7 Å². The molecular formula is C17H16N2O5. The van der Waals surface area contributed by atoms with E-state index in [1.54, 1.807) is 31.2 Å². The lowest BCUT2D eigenvalue weighted by atomic mass is 10.1. The Balaban J connectivity index is 1.99. The predicted octanol–water partition coefficient (Wildman–Crippen LogP) is 3.12. The van der Waals surface area contributed by atoms with E-state index in [1.807, 2.05) is 0 Å². The number of rotatable bonds is 6. The molecule has 124 valence electrons. The molecule has 0 saturated heterocycles. The van der Waals surface area contributed by atoms with Gasteiger partial charge in [-0.1, -0.05) is 0 Å². The summed E-state index contributed by atoms with van der Waals surface area (Å²) in [5.41, 5.74) is 1.51. The van der Waals surface area contributed by atoms with Gasteiger partial charge in [0.25, 0.3) is 5.69 Å². The first kappa shape index (κ1) is 17.1. The maximum Gasteiger partial charge on any atom is 0.272 e. The number of anilines is 1. The zero-order chi connectivity index (χ0) is 17.7. The third-order valence-electron chi connectivity index (χ3n) is 3.26. The van der Waals surface area contributed by atoms with Crippen molar-refractivity contribution in [3.63, 3.8) is 0 Å². The molecule has 0 bridgehead atoms. The molecule has 0 saturated carbocycles. The minimum atomic E-state index is -0.471. The highest BCUT2D eigenvalue weighted by Crippen LogP contribution is 2.23. The second-order valence-electron chi connectivity index (χ2n) is 5.18. The molecule has 0 unspecified atom stereocenters. The number of ketones is 1. The van der Waals surface area contributed by atoms with E-state index in [-0.39, 0.29) is 24.0 Å². The normalized spacial score (nSPS) is 10.1. The molecule has 7 heteroatoms. The van der Waals surface area contributed by atoms with E-state index in [1.165, 1.54) is 25.1 Å². The second kappa shape index (κ2) is 7.36. The van der Waals surface area contributed by atoms with Crippen LogP contribution in [0.3, 0.4) is 0 Å². The van der Waals surface area contributed by atoms with Crippen LogP contribution in [0.1, 0.15) is 22.8 Å². The molecule has 7 nitrogen and oxygen atoms in total. The van der Waals surface area contributed by atoms with Crippen molar-refractivity contribution in [3.8, 4) is 5.75 Å². The molecule has 2 aromatic rings. The molecule has 2 rings (SSSR count). The second-order valence-corrected chi connectivity index (χ2v) is 5.18. The number of nitro groups is 1. The number of ether oxygens (including phenoxy) is 1. The van der Waals surface area contributed by atoms with E-state index in [0.717, 1.165) is 0 Å². The first-order chi connectivity index (χ1) is 11.4. The lowest BCUT2D eigenvalue weighted by Crippen LogP contribution is -2.12. The van der Waals surface area contributed by atoms with Gasteiger partial charge < -0.3 is 10.1 Å². The fraction of sp³-hybridized carbons (Fsp3) is 0.176. The number of aryl methyl sites for hydroxylation is 1. The summed E-state index contributed by atoms with van der Waals surface area (Å²) < 4.78 is 5.39. The Morgan fingerprint density at radius 2 is 1.83 bits per heavy atom. The monoisotopic (exact) mass is 328 g/mol. The van der Waals surface area contributed by atoms with Gasteiger partial charge >= 0.3 is 0 Å². The van der Waals surface area contributed by atoms with Crippen LogP contribution in [0.4, 0.5) is 11.4 Å². The molecule has 0 heterocycles. The number of benzene rings is 2. The SMILES string of the molecule is CC(=O)Nc1ccc(C(=O)COc2ccc([N+](=O)[O-])c(C)c2)cc1. The number of amides is 1. The van der Waals surface area contributed by atoms with E-state index in [0.29, 0.717) is 22.6 Å². The summed E-state index contributed by atoms with van der Waals surface area (Å²) >= 11 is 0. The van der Waals surface area contributed by atoms with E-state index in [2.05, 4.69) is 5.32 Å². The average molecular weight is 328 g/mol. The lowest BCUT2D eigenvalue weighted by molar-refractivity contribution is -0.385. The van der Waals surface area contributed by atoms with E-state index in [4.69, 9.17) is 4.74 Å². The fourth-order valence-electron chi connectivity index (χ4n) is 2.10. The Hall–Kier alpha value is -3.22. The summed E-state index contributed by atoms with van der Waals surface area (Å²) in [5, 5.41) is 13.4. The number of nitro benzene ring substituents is 1. The van der Waals surface area contributed by atoms with Gasteiger partial charge in [-0.25, -0.2) is 0 Å². The zero-order valence-corrected chi connectivity index (χ0v) is 13.2. The van der Waals surface area contributed by atoms with Crippen LogP contribution in [0, 0.1) is 17.0 Å². The van der Waals surface area contributed by atoms with Crippen molar-refractivity contribution < 1.29 is 19.2 Å². The van der Waals surface area contributed by atoms with Crippen LogP contribution in [-0.4, -0.2) is 23.2 Å². The first-order valence-electron chi connectivity index (χ1n) is 7.15.